The van der Waals surface area contributed by atoms with Gasteiger partial charge in [-0.05, 0) is 47.7 Å². The molecule has 2 rings (SSSR count). The molecule has 0 aliphatic rings. The second kappa shape index (κ2) is 10.7. The van der Waals surface area contributed by atoms with Crippen LogP contribution in [0.15, 0.2) is 48.5 Å². The molecule has 0 radical (unpaired) electrons. The Morgan fingerprint density at radius 2 is 1.72 bits per heavy atom. The van der Waals surface area contributed by atoms with E-state index in [4.69, 9.17) is 10.5 Å². The first-order valence-electron chi connectivity index (χ1n) is 8.40. The van der Waals surface area contributed by atoms with Gasteiger partial charge in [0.2, 0.25) is 5.91 Å². The number of aryl methyl sites for hydroxylation is 1. The maximum atomic E-state index is 12.1. The van der Waals surface area contributed by atoms with E-state index in [1.165, 1.54) is 11.1 Å². The summed E-state index contributed by atoms with van der Waals surface area (Å²) in [5.74, 6) is 1.29. The third-order valence-corrected chi connectivity index (χ3v) is 3.81. The monoisotopic (exact) mass is 362 g/mol. The van der Waals surface area contributed by atoms with Gasteiger partial charge in [-0.25, -0.2) is 0 Å². The molecule has 0 spiro atoms. The van der Waals surface area contributed by atoms with Crippen LogP contribution in [0.5, 0.6) is 5.75 Å². The summed E-state index contributed by atoms with van der Waals surface area (Å²) in [7, 11) is 0. The number of rotatable bonds is 8. The Morgan fingerprint density at radius 3 is 2.28 bits per heavy atom. The normalized spacial score (nSPS) is 10.2. The second-order valence-electron chi connectivity index (χ2n) is 6.11. The highest BCUT2D eigenvalue weighted by molar-refractivity contribution is 5.90. The van der Waals surface area contributed by atoms with E-state index in [1.807, 2.05) is 24.3 Å². The molecule has 1 amide bonds. The maximum absolute atomic E-state index is 12.1. The summed E-state index contributed by atoms with van der Waals surface area (Å²) in [4.78, 5) is 12.1. The van der Waals surface area contributed by atoms with Crippen LogP contribution in [0.25, 0.3) is 0 Å². The summed E-state index contributed by atoms with van der Waals surface area (Å²) in [6.07, 6.45) is 1.20. The fourth-order valence-corrected chi connectivity index (χ4v) is 2.36. The van der Waals surface area contributed by atoms with Gasteiger partial charge in [0.1, 0.15) is 12.4 Å². The van der Waals surface area contributed by atoms with E-state index in [9.17, 15) is 4.79 Å². The number of hydrogen-bond acceptors (Lipinski definition) is 3. The molecule has 3 N–H and O–H groups in total. The molecule has 2 aromatic carbocycles. The Labute approximate surface area is 156 Å². The van der Waals surface area contributed by atoms with Crippen molar-refractivity contribution in [2.45, 2.75) is 32.6 Å². The maximum Gasteiger partial charge on any atom is 0.224 e. The molecule has 25 heavy (non-hydrogen) atoms. The molecule has 0 saturated carbocycles. The Kier molecular flexibility index (Phi) is 9.03. The molecular formula is C20H27ClN2O2. The highest BCUT2D eigenvalue weighted by atomic mass is 35.5. The highest BCUT2D eigenvalue weighted by Crippen LogP contribution is 2.17. The predicted molar refractivity (Wildman–Crippen MR) is 106 cm³/mol. The lowest BCUT2D eigenvalue weighted by atomic mass is 10.0. The minimum absolute atomic E-state index is 0. The average molecular weight is 363 g/mol. The Hall–Kier alpha value is -2.04. The Morgan fingerprint density at radius 1 is 1.08 bits per heavy atom. The number of carbonyl (C=O) groups excluding carboxylic acids is 1. The number of carbonyl (C=O) groups is 1. The van der Waals surface area contributed by atoms with Gasteiger partial charge in [0.05, 0.1) is 0 Å². The molecule has 0 unspecified atom stereocenters. The lowest BCUT2D eigenvalue weighted by molar-refractivity contribution is -0.116. The van der Waals surface area contributed by atoms with Crippen LogP contribution >= 0.6 is 12.4 Å². The van der Waals surface area contributed by atoms with Crippen molar-refractivity contribution in [1.29, 1.82) is 0 Å². The topological polar surface area (TPSA) is 64.3 Å². The van der Waals surface area contributed by atoms with Crippen molar-refractivity contribution in [3.05, 3.63) is 59.7 Å². The summed E-state index contributed by atoms with van der Waals surface area (Å²) in [5.41, 5.74) is 8.67. The van der Waals surface area contributed by atoms with E-state index < -0.39 is 0 Å². The molecule has 0 atom stereocenters. The van der Waals surface area contributed by atoms with Gasteiger partial charge in [0.25, 0.3) is 0 Å². The van der Waals surface area contributed by atoms with E-state index >= 15 is 0 Å². The predicted octanol–water partition coefficient (Wildman–Crippen LogP) is 4.14. The quantitative estimate of drug-likeness (QED) is 0.741. The van der Waals surface area contributed by atoms with Gasteiger partial charge in [-0.3, -0.25) is 4.79 Å². The number of amides is 1. The van der Waals surface area contributed by atoms with E-state index in [1.54, 1.807) is 0 Å². The van der Waals surface area contributed by atoms with Crippen molar-refractivity contribution in [3.8, 4) is 5.75 Å². The number of nitrogens with one attached hydrogen (secondary N) is 1. The van der Waals surface area contributed by atoms with Gasteiger partial charge in [0, 0.05) is 18.7 Å². The molecule has 0 aliphatic carbocycles. The summed E-state index contributed by atoms with van der Waals surface area (Å²) >= 11 is 0. The molecule has 0 heterocycles. The van der Waals surface area contributed by atoms with Crippen LogP contribution in [0.4, 0.5) is 5.69 Å². The molecule has 4 nitrogen and oxygen atoms in total. The summed E-state index contributed by atoms with van der Waals surface area (Å²) in [6.45, 7) is 5.32. The van der Waals surface area contributed by atoms with E-state index in [2.05, 4.69) is 43.4 Å². The SMILES string of the molecule is CC(C)c1ccc(CCC(=O)Nc2ccc(OCCN)cc2)cc1.Cl. The first-order valence-corrected chi connectivity index (χ1v) is 8.40. The summed E-state index contributed by atoms with van der Waals surface area (Å²) in [5, 5.41) is 2.91. The van der Waals surface area contributed by atoms with Crippen LogP contribution < -0.4 is 15.8 Å². The molecule has 0 aromatic heterocycles. The van der Waals surface area contributed by atoms with Crippen LogP contribution in [0.3, 0.4) is 0 Å². The molecule has 2 aromatic rings. The first kappa shape index (κ1) is 21.0. The standard InChI is InChI=1S/C20H26N2O2.ClH/c1-15(2)17-6-3-16(4-7-17)5-12-20(23)22-18-8-10-19(11-9-18)24-14-13-21;/h3-4,6-11,15H,5,12-14,21H2,1-2H3,(H,22,23);1H. The Bertz CT molecular complexity index is 640. The number of halogens is 1. The average Bonchev–Trinajstić information content (AvgIpc) is 2.59. The van der Waals surface area contributed by atoms with Gasteiger partial charge in [0.15, 0.2) is 0 Å². The fraction of sp³-hybridized carbons (Fsp3) is 0.350. The van der Waals surface area contributed by atoms with Crippen LogP contribution in [-0.2, 0) is 11.2 Å². The number of hydrogen-bond donors (Lipinski definition) is 2. The number of benzene rings is 2. The largest absolute Gasteiger partial charge is 0.492 e. The number of anilines is 1. The van der Waals surface area contributed by atoms with Gasteiger partial charge in [-0.2, -0.15) is 0 Å². The smallest absolute Gasteiger partial charge is 0.224 e. The zero-order valence-corrected chi connectivity index (χ0v) is 15.6. The van der Waals surface area contributed by atoms with Crippen LogP contribution in [0, 0.1) is 0 Å². The van der Waals surface area contributed by atoms with Crippen molar-refractivity contribution in [2.24, 2.45) is 5.73 Å². The molecule has 0 aliphatic heterocycles. The minimum atomic E-state index is 0. The molecular weight excluding hydrogens is 336 g/mol. The Balaban J connectivity index is 0.00000312. The fourth-order valence-electron chi connectivity index (χ4n) is 2.36. The van der Waals surface area contributed by atoms with Gasteiger partial charge >= 0.3 is 0 Å². The molecule has 136 valence electrons. The van der Waals surface area contributed by atoms with Gasteiger partial charge in [-0.1, -0.05) is 38.1 Å². The zero-order chi connectivity index (χ0) is 17.4. The highest BCUT2D eigenvalue weighted by Gasteiger charge is 2.05. The minimum Gasteiger partial charge on any atom is -0.492 e. The number of nitrogens with two attached hydrogens (primary N) is 1. The van der Waals surface area contributed by atoms with Crippen molar-refractivity contribution >= 4 is 24.0 Å². The molecule has 0 bridgehead atoms. The lowest BCUT2D eigenvalue weighted by Crippen LogP contribution is -2.12. The van der Waals surface area contributed by atoms with Crippen LogP contribution in [0.2, 0.25) is 0 Å². The van der Waals surface area contributed by atoms with Crippen molar-refractivity contribution in [3.63, 3.8) is 0 Å². The molecule has 0 fully saturated rings. The van der Waals surface area contributed by atoms with E-state index in [0.717, 1.165) is 17.9 Å². The number of ether oxygens (including phenoxy) is 1. The van der Waals surface area contributed by atoms with Crippen molar-refractivity contribution < 1.29 is 9.53 Å². The summed E-state index contributed by atoms with van der Waals surface area (Å²) in [6, 6.07) is 15.8. The molecule has 5 heteroatoms. The first-order chi connectivity index (χ1) is 11.6. The van der Waals surface area contributed by atoms with Crippen LogP contribution in [-0.4, -0.2) is 19.1 Å². The van der Waals surface area contributed by atoms with E-state index in [-0.39, 0.29) is 18.3 Å². The third-order valence-electron chi connectivity index (χ3n) is 3.81. The second-order valence-corrected chi connectivity index (χ2v) is 6.11. The zero-order valence-electron chi connectivity index (χ0n) is 14.8. The molecule has 0 saturated heterocycles. The third kappa shape index (κ3) is 7.16. The lowest BCUT2D eigenvalue weighted by Gasteiger charge is -2.09. The van der Waals surface area contributed by atoms with Crippen molar-refractivity contribution in [2.75, 3.05) is 18.5 Å². The van der Waals surface area contributed by atoms with Gasteiger partial charge < -0.3 is 15.8 Å². The van der Waals surface area contributed by atoms with Crippen molar-refractivity contribution in [1.82, 2.24) is 0 Å². The van der Waals surface area contributed by atoms with Crippen LogP contribution in [0.1, 0.15) is 37.3 Å². The van der Waals surface area contributed by atoms with E-state index in [0.29, 0.717) is 25.5 Å². The summed E-state index contributed by atoms with van der Waals surface area (Å²) < 4.78 is 5.41. The van der Waals surface area contributed by atoms with Gasteiger partial charge in [-0.15, -0.1) is 12.4 Å².